The van der Waals surface area contributed by atoms with Crippen LogP contribution in [-0.2, 0) is 14.3 Å². The van der Waals surface area contributed by atoms with Crippen LogP contribution < -0.4 is 24.4 Å². The zero-order chi connectivity index (χ0) is 27.7. The SMILES string of the molecule is COc1ccc(C2C3=C(CC(C)(C)CC3=O)Nc3ccccc3N2CC(=O)N2CCOCC2)c(OC)c1OC. The number of carbonyl (C=O) groups excluding carboxylic acids is 2. The normalized spacial score (nSPS) is 20.4. The lowest BCUT2D eigenvalue weighted by Crippen LogP contribution is -2.47. The molecular weight excluding hydrogens is 498 g/mol. The molecule has 1 fully saturated rings. The summed E-state index contributed by atoms with van der Waals surface area (Å²) >= 11 is 0. The Labute approximate surface area is 229 Å². The van der Waals surface area contributed by atoms with E-state index >= 15 is 0 Å². The van der Waals surface area contributed by atoms with Crippen LogP contribution in [0.15, 0.2) is 47.7 Å². The molecule has 1 aliphatic carbocycles. The summed E-state index contributed by atoms with van der Waals surface area (Å²) in [5, 5.41) is 3.59. The molecule has 2 aromatic carbocycles. The number of hydrogen-bond acceptors (Lipinski definition) is 8. The fraction of sp³-hybridized carbons (Fsp3) is 0.467. The first-order valence-electron chi connectivity index (χ1n) is 13.3. The van der Waals surface area contributed by atoms with Crippen molar-refractivity contribution < 1.29 is 28.5 Å². The highest BCUT2D eigenvalue weighted by molar-refractivity contribution is 6.02. The second kappa shape index (κ2) is 10.8. The topological polar surface area (TPSA) is 89.6 Å². The molecule has 1 saturated heterocycles. The third-order valence-electron chi connectivity index (χ3n) is 7.70. The molecule has 1 N–H and O–H groups in total. The molecule has 3 aliphatic rings. The molecule has 0 radical (unpaired) electrons. The summed E-state index contributed by atoms with van der Waals surface area (Å²) in [5.41, 5.74) is 3.72. The third kappa shape index (κ3) is 5.03. The summed E-state index contributed by atoms with van der Waals surface area (Å²) in [6.07, 6.45) is 1.10. The van der Waals surface area contributed by atoms with Gasteiger partial charge in [0.1, 0.15) is 0 Å². The second-order valence-corrected chi connectivity index (χ2v) is 10.9. The first-order chi connectivity index (χ1) is 18.8. The molecule has 9 nitrogen and oxygen atoms in total. The molecule has 0 bridgehead atoms. The Balaban J connectivity index is 1.74. The van der Waals surface area contributed by atoms with Crippen molar-refractivity contribution in [3.05, 3.63) is 53.2 Å². The van der Waals surface area contributed by atoms with Gasteiger partial charge in [0.2, 0.25) is 11.7 Å². The zero-order valence-corrected chi connectivity index (χ0v) is 23.3. The largest absolute Gasteiger partial charge is 0.493 e. The minimum atomic E-state index is -0.598. The molecule has 2 aliphatic heterocycles. The van der Waals surface area contributed by atoms with Gasteiger partial charge in [-0.25, -0.2) is 0 Å². The minimum absolute atomic E-state index is 0.0230. The summed E-state index contributed by atoms with van der Waals surface area (Å²) in [5.74, 6) is 1.45. The highest BCUT2D eigenvalue weighted by Gasteiger charge is 2.43. The number of Topliss-reactive ketones (excluding diaryl/α,β-unsaturated/α-hetero) is 1. The molecule has 0 spiro atoms. The number of anilines is 2. The van der Waals surface area contributed by atoms with Crippen LogP contribution in [0.5, 0.6) is 17.2 Å². The maximum Gasteiger partial charge on any atom is 0.242 e. The molecule has 39 heavy (non-hydrogen) atoms. The van der Waals surface area contributed by atoms with Gasteiger partial charge in [-0.05, 0) is 36.1 Å². The van der Waals surface area contributed by atoms with Crippen molar-refractivity contribution in [3.63, 3.8) is 0 Å². The molecule has 208 valence electrons. The molecular formula is C30H37N3O6. The summed E-state index contributed by atoms with van der Waals surface area (Å²) in [7, 11) is 4.71. The van der Waals surface area contributed by atoms with Crippen LogP contribution in [0.1, 0.15) is 38.3 Å². The summed E-state index contributed by atoms with van der Waals surface area (Å²) < 4.78 is 22.7. The van der Waals surface area contributed by atoms with Crippen molar-refractivity contribution in [1.82, 2.24) is 4.90 Å². The van der Waals surface area contributed by atoms with Crippen LogP contribution in [0.3, 0.4) is 0 Å². The average Bonchev–Trinajstić information content (AvgIpc) is 3.06. The predicted octanol–water partition coefficient (Wildman–Crippen LogP) is 4.19. The Bertz CT molecular complexity index is 1300. The number of ether oxygens (including phenoxy) is 4. The summed E-state index contributed by atoms with van der Waals surface area (Å²) in [6.45, 7) is 6.40. The number of fused-ring (bicyclic) bond motifs is 1. The van der Waals surface area contributed by atoms with Crippen LogP contribution in [0.4, 0.5) is 11.4 Å². The Morgan fingerprint density at radius 1 is 1.00 bits per heavy atom. The average molecular weight is 536 g/mol. The van der Waals surface area contributed by atoms with Gasteiger partial charge in [0.15, 0.2) is 17.3 Å². The fourth-order valence-corrected chi connectivity index (χ4v) is 5.95. The van der Waals surface area contributed by atoms with Crippen molar-refractivity contribution in [2.45, 2.75) is 32.7 Å². The number of allylic oxidation sites excluding steroid dienone is 1. The lowest BCUT2D eigenvalue weighted by Gasteiger charge is -2.39. The van der Waals surface area contributed by atoms with Gasteiger partial charge in [-0.2, -0.15) is 0 Å². The lowest BCUT2D eigenvalue weighted by molar-refractivity contribution is -0.133. The smallest absolute Gasteiger partial charge is 0.242 e. The van der Waals surface area contributed by atoms with E-state index in [1.807, 2.05) is 46.2 Å². The van der Waals surface area contributed by atoms with Crippen molar-refractivity contribution in [3.8, 4) is 17.2 Å². The highest BCUT2D eigenvalue weighted by Crippen LogP contribution is 2.52. The molecule has 2 aromatic rings. The van der Waals surface area contributed by atoms with Crippen molar-refractivity contribution >= 4 is 23.1 Å². The number of nitrogens with zero attached hydrogens (tertiary/aromatic N) is 2. The molecule has 9 heteroatoms. The van der Waals surface area contributed by atoms with Gasteiger partial charge in [0, 0.05) is 36.3 Å². The van der Waals surface area contributed by atoms with Gasteiger partial charge in [-0.3, -0.25) is 9.59 Å². The number of morpholine rings is 1. The van der Waals surface area contributed by atoms with Crippen LogP contribution in [0.25, 0.3) is 0 Å². The van der Waals surface area contributed by atoms with E-state index in [1.165, 1.54) is 0 Å². The second-order valence-electron chi connectivity index (χ2n) is 10.9. The van der Waals surface area contributed by atoms with E-state index in [9.17, 15) is 9.59 Å². The molecule has 1 amide bonds. The molecule has 2 heterocycles. The van der Waals surface area contributed by atoms with Gasteiger partial charge in [0.05, 0.1) is 58.5 Å². The zero-order valence-electron chi connectivity index (χ0n) is 23.3. The quantitative estimate of drug-likeness (QED) is 0.589. The minimum Gasteiger partial charge on any atom is -0.493 e. The van der Waals surface area contributed by atoms with Gasteiger partial charge in [0.25, 0.3) is 0 Å². The van der Waals surface area contributed by atoms with Gasteiger partial charge in [-0.1, -0.05) is 26.0 Å². The number of methoxy groups -OCH3 is 3. The lowest BCUT2D eigenvalue weighted by atomic mass is 9.73. The van der Waals surface area contributed by atoms with Crippen molar-refractivity contribution in [1.29, 1.82) is 0 Å². The van der Waals surface area contributed by atoms with E-state index in [1.54, 1.807) is 21.3 Å². The summed E-state index contributed by atoms with van der Waals surface area (Å²) in [6, 6.07) is 11.0. The number of hydrogen-bond donors (Lipinski definition) is 1. The molecule has 1 atom stereocenters. The highest BCUT2D eigenvalue weighted by atomic mass is 16.5. The maximum atomic E-state index is 14.0. The van der Waals surface area contributed by atoms with Crippen LogP contribution in [0.2, 0.25) is 0 Å². The van der Waals surface area contributed by atoms with Crippen LogP contribution in [-0.4, -0.2) is 70.8 Å². The number of carbonyl (C=O) groups is 2. The number of nitrogens with one attached hydrogen (secondary N) is 1. The monoisotopic (exact) mass is 535 g/mol. The molecule has 5 rings (SSSR count). The van der Waals surface area contributed by atoms with Crippen LogP contribution in [0, 0.1) is 5.41 Å². The summed E-state index contributed by atoms with van der Waals surface area (Å²) in [4.78, 5) is 31.6. The van der Waals surface area contributed by atoms with Crippen molar-refractivity contribution in [2.75, 3.05) is 64.4 Å². The van der Waals surface area contributed by atoms with E-state index in [-0.39, 0.29) is 23.7 Å². The van der Waals surface area contributed by atoms with Crippen molar-refractivity contribution in [2.24, 2.45) is 5.41 Å². The van der Waals surface area contributed by atoms with E-state index in [4.69, 9.17) is 18.9 Å². The maximum absolute atomic E-state index is 14.0. The number of ketones is 1. The Morgan fingerprint density at radius 3 is 2.41 bits per heavy atom. The van der Waals surface area contributed by atoms with Crippen LogP contribution >= 0.6 is 0 Å². The number of benzene rings is 2. The van der Waals surface area contributed by atoms with E-state index in [0.717, 1.165) is 22.6 Å². The van der Waals surface area contributed by atoms with E-state index in [2.05, 4.69) is 19.2 Å². The first kappa shape index (κ1) is 26.9. The standard InChI is InChI=1S/C30H37N3O6/c1-30(2)16-21-26(23(34)17-30)27(19-10-11-24(36-3)29(38-5)28(19)37-4)33(22-9-7-6-8-20(22)31-21)18-25(35)32-12-14-39-15-13-32/h6-11,27,31H,12-18H2,1-5H3. The molecule has 1 unspecified atom stereocenters. The number of rotatable bonds is 6. The first-order valence-corrected chi connectivity index (χ1v) is 13.3. The number of amides is 1. The Hall–Kier alpha value is -3.72. The Kier molecular flexibility index (Phi) is 7.44. The third-order valence-corrected chi connectivity index (χ3v) is 7.70. The molecule has 0 saturated carbocycles. The molecule has 0 aromatic heterocycles. The van der Waals surface area contributed by atoms with Gasteiger partial charge < -0.3 is 34.1 Å². The van der Waals surface area contributed by atoms with Gasteiger partial charge >= 0.3 is 0 Å². The van der Waals surface area contributed by atoms with E-state index < -0.39 is 6.04 Å². The predicted molar refractivity (Wildman–Crippen MR) is 149 cm³/mol. The Morgan fingerprint density at radius 2 is 1.72 bits per heavy atom. The van der Waals surface area contributed by atoms with E-state index in [0.29, 0.717) is 62.0 Å². The van der Waals surface area contributed by atoms with Gasteiger partial charge in [-0.15, -0.1) is 0 Å². The fourth-order valence-electron chi connectivity index (χ4n) is 5.95. The number of para-hydroxylation sites is 2.